The van der Waals surface area contributed by atoms with E-state index in [2.05, 4.69) is 30.2 Å². The molecule has 2 aliphatic rings. The number of halogens is 1. The van der Waals surface area contributed by atoms with E-state index in [9.17, 15) is 4.39 Å². The maximum absolute atomic E-state index is 14.1. The smallest absolute Gasteiger partial charge is 0.234 e. The van der Waals surface area contributed by atoms with Crippen LogP contribution in [-0.4, -0.2) is 43.9 Å². The third-order valence-electron chi connectivity index (χ3n) is 5.61. The molecule has 0 atom stereocenters. The lowest BCUT2D eigenvalue weighted by Crippen LogP contribution is -2.02. The first-order valence-corrected chi connectivity index (χ1v) is 10.8. The topological polar surface area (TPSA) is 91.6 Å². The third kappa shape index (κ3) is 3.68. The van der Waals surface area contributed by atoms with Gasteiger partial charge in [0.25, 0.3) is 0 Å². The summed E-state index contributed by atoms with van der Waals surface area (Å²) in [6, 6.07) is 10.4. The molecule has 3 aromatic heterocycles. The van der Waals surface area contributed by atoms with Gasteiger partial charge in [0.15, 0.2) is 5.82 Å². The highest BCUT2D eigenvalue weighted by Gasteiger charge is 2.15. The molecular weight excluding hydrogens is 433 g/mol. The van der Waals surface area contributed by atoms with Crippen molar-refractivity contribution < 1.29 is 4.39 Å². The van der Waals surface area contributed by atoms with Gasteiger partial charge in [0.05, 0.1) is 36.2 Å². The summed E-state index contributed by atoms with van der Waals surface area (Å²) in [5, 5.41) is 8.54. The summed E-state index contributed by atoms with van der Waals surface area (Å²) in [5.41, 5.74) is 5.48. The van der Waals surface area contributed by atoms with Crippen LogP contribution in [0.2, 0.25) is 0 Å². The summed E-state index contributed by atoms with van der Waals surface area (Å²) in [4.78, 5) is 18.1. The first-order chi connectivity index (χ1) is 16.5. The number of fused-ring (bicyclic) bond motifs is 2. The zero-order valence-corrected chi connectivity index (χ0v) is 18.6. The monoisotopic (exact) mass is 453 g/mol. The normalized spacial score (nSPS) is 11.6. The molecular formula is C24H20FN9. The van der Waals surface area contributed by atoms with Gasteiger partial charge in [-0.3, -0.25) is 4.40 Å². The van der Waals surface area contributed by atoms with Crippen molar-refractivity contribution in [2.24, 2.45) is 0 Å². The number of aromatic nitrogens is 9. The van der Waals surface area contributed by atoms with Crippen LogP contribution >= 0.6 is 0 Å². The van der Waals surface area contributed by atoms with E-state index in [1.807, 2.05) is 59.7 Å². The fraction of sp³-hybridized carbons (Fsp3) is 0.167. The first kappa shape index (κ1) is 20.2. The van der Waals surface area contributed by atoms with E-state index in [0.717, 1.165) is 22.8 Å². The van der Waals surface area contributed by atoms with Crippen molar-refractivity contribution in [3.63, 3.8) is 0 Å². The fourth-order valence-corrected chi connectivity index (χ4v) is 4.05. The SMILES string of the molecule is Cc1cc(C)n2cc(Cn3cc(Cn4ccc5nc(-c6ccccc6F)nc-5c4)nn3)nc2n1. The van der Waals surface area contributed by atoms with Gasteiger partial charge < -0.3 is 4.57 Å². The number of hydrogen-bond acceptors (Lipinski definition) is 6. The van der Waals surface area contributed by atoms with Crippen molar-refractivity contribution in [3.05, 3.63) is 89.8 Å². The van der Waals surface area contributed by atoms with E-state index in [4.69, 9.17) is 0 Å². The summed E-state index contributed by atoms with van der Waals surface area (Å²) >= 11 is 0. The number of benzene rings is 1. The number of aryl methyl sites for hydroxylation is 2. The van der Waals surface area contributed by atoms with E-state index >= 15 is 0 Å². The van der Waals surface area contributed by atoms with Gasteiger partial charge >= 0.3 is 0 Å². The van der Waals surface area contributed by atoms with Gasteiger partial charge in [-0.15, -0.1) is 5.10 Å². The van der Waals surface area contributed by atoms with Gasteiger partial charge in [0.1, 0.15) is 17.2 Å². The van der Waals surface area contributed by atoms with Crippen molar-refractivity contribution in [1.29, 1.82) is 0 Å². The molecule has 0 spiro atoms. The Morgan fingerprint density at radius 3 is 2.59 bits per heavy atom. The van der Waals surface area contributed by atoms with Crippen LogP contribution < -0.4 is 0 Å². The Hall–Kier alpha value is -4.47. The Balaban J connectivity index is 1.21. The minimum atomic E-state index is -0.339. The van der Waals surface area contributed by atoms with Crippen LogP contribution in [0.3, 0.4) is 0 Å². The Morgan fingerprint density at radius 2 is 1.71 bits per heavy atom. The van der Waals surface area contributed by atoms with Gasteiger partial charge in [0, 0.05) is 30.0 Å². The zero-order chi connectivity index (χ0) is 23.2. The van der Waals surface area contributed by atoms with E-state index in [0.29, 0.717) is 41.6 Å². The van der Waals surface area contributed by atoms with Gasteiger partial charge in [-0.2, -0.15) is 0 Å². The van der Waals surface area contributed by atoms with Gasteiger partial charge in [-0.1, -0.05) is 17.3 Å². The average molecular weight is 453 g/mol. The van der Waals surface area contributed by atoms with Crippen LogP contribution in [0.4, 0.5) is 4.39 Å². The highest BCUT2D eigenvalue weighted by Crippen LogP contribution is 2.26. The maximum atomic E-state index is 14.1. The predicted octanol–water partition coefficient (Wildman–Crippen LogP) is 3.54. The number of nitrogens with zero attached hydrogens (tertiary/aromatic N) is 9. The molecule has 0 fully saturated rings. The summed E-state index contributed by atoms with van der Waals surface area (Å²) in [6.07, 6.45) is 7.65. The van der Waals surface area contributed by atoms with Crippen LogP contribution in [0.25, 0.3) is 28.6 Å². The van der Waals surface area contributed by atoms with Gasteiger partial charge in [-0.25, -0.2) is 29.0 Å². The molecule has 4 aromatic rings. The Labute approximate surface area is 193 Å². The molecule has 168 valence electrons. The fourth-order valence-electron chi connectivity index (χ4n) is 4.05. The van der Waals surface area contributed by atoms with Crippen molar-refractivity contribution in [3.8, 4) is 22.8 Å². The second-order valence-electron chi connectivity index (χ2n) is 8.26. The summed E-state index contributed by atoms with van der Waals surface area (Å²) in [6.45, 7) is 5.01. The number of pyridine rings is 1. The highest BCUT2D eigenvalue weighted by molar-refractivity contribution is 5.65. The average Bonchev–Trinajstić information content (AvgIpc) is 3.52. The Kier molecular flexibility index (Phi) is 4.65. The molecule has 2 aliphatic heterocycles. The van der Waals surface area contributed by atoms with E-state index in [1.54, 1.807) is 22.9 Å². The first-order valence-electron chi connectivity index (χ1n) is 10.8. The molecule has 0 bridgehead atoms. The third-order valence-corrected chi connectivity index (χ3v) is 5.61. The van der Waals surface area contributed by atoms with E-state index in [-0.39, 0.29) is 5.82 Å². The lowest BCUT2D eigenvalue weighted by molar-refractivity contribution is 0.630. The zero-order valence-electron chi connectivity index (χ0n) is 18.6. The summed E-state index contributed by atoms with van der Waals surface area (Å²) in [7, 11) is 0. The minimum absolute atomic E-state index is 0.339. The van der Waals surface area contributed by atoms with Crippen molar-refractivity contribution >= 4 is 5.78 Å². The number of imidazole rings is 2. The second-order valence-corrected chi connectivity index (χ2v) is 8.26. The molecule has 6 rings (SSSR count). The molecule has 0 amide bonds. The molecule has 0 N–H and O–H groups in total. The molecule has 0 saturated heterocycles. The van der Waals surface area contributed by atoms with E-state index in [1.165, 1.54) is 6.07 Å². The van der Waals surface area contributed by atoms with Crippen LogP contribution in [0.1, 0.15) is 22.8 Å². The number of rotatable bonds is 5. The molecule has 0 radical (unpaired) electrons. The molecule has 1 aromatic carbocycles. The predicted molar refractivity (Wildman–Crippen MR) is 123 cm³/mol. The quantitative estimate of drug-likeness (QED) is 0.397. The molecule has 0 saturated carbocycles. The summed E-state index contributed by atoms with van der Waals surface area (Å²) in [5.74, 6) is 0.723. The van der Waals surface area contributed by atoms with Gasteiger partial charge in [0.2, 0.25) is 5.78 Å². The number of hydrogen-bond donors (Lipinski definition) is 0. The van der Waals surface area contributed by atoms with Crippen molar-refractivity contribution in [1.82, 2.24) is 43.9 Å². The summed E-state index contributed by atoms with van der Waals surface area (Å²) < 4.78 is 19.8. The van der Waals surface area contributed by atoms with Crippen LogP contribution in [0.15, 0.2) is 61.2 Å². The van der Waals surface area contributed by atoms with Crippen LogP contribution in [-0.2, 0) is 13.1 Å². The van der Waals surface area contributed by atoms with Crippen molar-refractivity contribution in [2.45, 2.75) is 26.9 Å². The molecule has 34 heavy (non-hydrogen) atoms. The van der Waals surface area contributed by atoms with Gasteiger partial charge in [-0.05, 0) is 38.1 Å². The molecule has 0 unspecified atom stereocenters. The van der Waals surface area contributed by atoms with E-state index < -0.39 is 0 Å². The standard InChI is InChI=1S/C24H20FN9/c1-15-9-16(2)34-13-17(27-24(34)26-15)11-33-12-18(30-31-33)10-32-8-7-21-22(14-32)29-23(28-21)19-5-3-4-6-20(19)25/h3-9,12-14H,10-11H2,1-2H3. The lowest BCUT2D eigenvalue weighted by atomic mass is 10.2. The second kappa shape index (κ2) is 7.84. The Bertz CT molecular complexity index is 1610. The van der Waals surface area contributed by atoms with Crippen LogP contribution in [0.5, 0.6) is 0 Å². The highest BCUT2D eigenvalue weighted by atomic mass is 19.1. The largest absolute Gasteiger partial charge is 0.346 e. The molecule has 9 nitrogen and oxygen atoms in total. The molecule has 10 heteroatoms. The van der Waals surface area contributed by atoms with Crippen LogP contribution in [0, 0.1) is 19.7 Å². The molecule has 0 aliphatic carbocycles. The lowest BCUT2D eigenvalue weighted by Gasteiger charge is -2.05. The maximum Gasteiger partial charge on any atom is 0.234 e. The Morgan fingerprint density at radius 1 is 0.853 bits per heavy atom. The minimum Gasteiger partial charge on any atom is -0.346 e. The molecule has 5 heterocycles. The van der Waals surface area contributed by atoms with Crippen molar-refractivity contribution in [2.75, 3.05) is 0 Å².